The van der Waals surface area contributed by atoms with Crippen LogP contribution in [0, 0.1) is 9.39 Å². The molecule has 0 spiro atoms. The lowest BCUT2D eigenvalue weighted by Gasteiger charge is -2.13. The number of hydrogen-bond donors (Lipinski definition) is 1. The van der Waals surface area contributed by atoms with Gasteiger partial charge in [0.05, 0.1) is 9.26 Å². The summed E-state index contributed by atoms with van der Waals surface area (Å²) in [5.41, 5.74) is 1.50. The third-order valence-electron chi connectivity index (χ3n) is 2.78. The van der Waals surface area contributed by atoms with Gasteiger partial charge in [0.1, 0.15) is 11.6 Å². The van der Waals surface area contributed by atoms with Crippen LogP contribution in [0.5, 0.6) is 0 Å². The largest absolute Gasteiger partial charge is 0.372 e. The second-order valence-electron chi connectivity index (χ2n) is 4.66. The average molecular weight is 406 g/mol. The Hall–Kier alpha value is -0.950. The van der Waals surface area contributed by atoms with E-state index in [0.29, 0.717) is 16.4 Å². The smallest absolute Gasteiger partial charge is 0.161 e. The maximum Gasteiger partial charge on any atom is 0.161 e. The lowest BCUT2D eigenvalue weighted by molar-refractivity contribution is 0.628. The van der Waals surface area contributed by atoms with Crippen molar-refractivity contribution in [1.29, 1.82) is 0 Å². The van der Waals surface area contributed by atoms with Crippen molar-refractivity contribution >= 4 is 40.0 Å². The molecule has 0 saturated carbocycles. The van der Waals surface area contributed by atoms with Crippen molar-refractivity contribution in [3.63, 3.8) is 0 Å². The second kappa shape index (κ2) is 6.22. The van der Waals surface area contributed by atoms with Gasteiger partial charge in [-0.1, -0.05) is 25.4 Å². The first kappa shape index (κ1) is 15.4. The molecule has 0 aliphatic heterocycles. The molecule has 2 rings (SSSR count). The van der Waals surface area contributed by atoms with Crippen molar-refractivity contribution in [2.45, 2.75) is 19.8 Å². The predicted molar refractivity (Wildman–Crippen MR) is 88.8 cm³/mol. The van der Waals surface area contributed by atoms with Crippen LogP contribution in [0.15, 0.2) is 18.2 Å². The first-order valence-corrected chi connectivity index (χ1v) is 7.59. The molecule has 0 amide bonds. The summed E-state index contributed by atoms with van der Waals surface area (Å²) in [6.45, 7) is 4.12. The van der Waals surface area contributed by atoms with Crippen molar-refractivity contribution in [3.8, 4) is 11.4 Å². The molecule has 1 aromatic heterocycles. The third kappa shape index (κ3) is 3.20. The summed E-state index contributed by atoms with van der Waals surface area (Å²) in [6, 6.07) is 4.31. The fourth-order valence-electron chi connectivity index (χ4n) is 1.82. The van der Waals surface area contributed by atoms with E-state index in [1.54, 1.807) is 13.1 Å². The molecule has 0 aliphatic rings. The molecule has 0 fully saturated rings. The van der Waals surface area contributed by atoms with Crippen LogP contribution in [-0.2, 0) is 0 Å². The minimum atomic E-state index is -0.397. The number of aromatic nitrogens is 2. The van der Waals surface area contributed by atoms with Crippen molar-refractivity contribution < 1.29 is 4.39 Å². The molecule has 106 valence electrons. The third-order valence-corrected chi connectivity index (χ3v) is 4.06. The van der Waals surface area contributed by atoms with Crippen LogP contribution in [0.1, 0.15) is 25.5 Å². The van der Waals surface area contributed by atoms with E-state index in [1.807, 2.05) is 0 Å². The number of halogens is 3. The zero-order chi connectivity index (χ0) is 14.9. The molecule has 6 heteroatoms. The van der Waals surface area contributed by atoms with Gasteiger partial charge >= 0.3 is 0 Å². The Labute approximate surface area is 136 Å². The molecule has 1 aromatic carbocycles. The van der Waals surface area contributed by atoms with Gasteiger partial charge in [0.15, 0.2) is 5.82 Å². The van der Waals surface area contributed by atoms with Crippen LogP contribution in [0.25, 0.3) is 11.4 Å². The number of nitrogens with zero attached hydrogens (tertiary/aromatic N) is 2. The van der Waals surface area contributed by atoms with E-state index in [0.717, 1.165) is 15.1 Å². The zero-order valence-electron chi connectivity index (χ0n) is 11.3. The molecule has 20 heavy (non-hydrogen) atoms. The summed E-state index contributed by atoms with van der Waals surface area (Å²) >= 11 is 8.11. The fraction of sp³-hybridized carbons (Fsp3) is 0.286. The molecule has 1 heterocycles. The minimum absolute atomic E-state index is 0.250. The number of nitrogens with one attached hydrogen (secondary N) is 1. The quantitative estimate of drug-likeness (QED) is 0.752. The summed E-state index contributed by atoms with van der Waals surface area (Å²) in [4.78, 5) is 8.98. The minimum Gasteiger partial charge on any atom is -0.372 e. The van der Waals surface area contributed by atoms with Crippen molar-refractivity contribution in [1.82, 2.24) is 9.97 Å². The molecule has 0 bridgehead atoms. The Morgan fingerprint density at radius 1 is 1.25 bits per heavy atom. The topological polar surface area (TPSA) is 37.8 Å². The molecule has 0 saturated heterocycles. The molecular weight excluding hydrogens is 392 g/mol. The lowest BCUT2D eigenvalue weighted by Crippen LogP contribution is -2.06. The number of rotatable bonds is 3. The maximum absolute atomic E-state index is 13.5. The molecule has 0 atom stereocenters. The maximum atomic E-state index is 13.5. The first-order valence-electron chi connectivity index (χ1n) is 6.14. The summed E-state index contributed by atoms with van der Waals surface area (Å²) in [6.07, 6.45) is 0. The average Bonchev–Trinajstić information content (AvgIpc) is 2.37. The summed E-state index contributed by atoms with van der Waals surface area (Å²) in [5, 5.41) is 3.38. The van der Waals surface area contributed by atoms with Crippen LogP contribution in [0.2, 0.25) is 5.02 Å². The highest BCUT2D eigenvalue weighted by atomic mass is 127. The predicted octanol–water partition coefficient (Wildman–Crippen LogP) is 4.71. The SMILES string of the molecule is CNc1nc(-c2cc(F)cc(Cl)c2)nc(C(C)C)c1I. The molecule has 0 radical (unpaired) electrons. The highest BCUT2D eigenvalue weighted by Crippen LogP contribution is 2.29. The monoisotopic (exact) mass is 405 g/mol. The van der Waals surface area contributed by atoms with Gasteiger partial charge in [-0.2, -0.15) is 0 Å². The summed E-state index contributed by atoms with van der Waals surface area (Å²) < 4.78 is 14.5. The van der Waals surface area contributed by atoms with Gasteiger partial charge in [-0.05, 0) is 46.7 Å². The normalized spacial score (nSPS) is 10.9. The standard InChI is InChI=1S/C14H14ClFIN3/c1-7(2)12-11(17)14(18-3)20-13(19-12)8-4-9(15)6-10(16)5-8/h4-7H,1-3H3,(H,18,19,20). The van der Waals surface area contributed by atoms with E-state index in [-0.39, 0.29) is 5.92 Å². The Morgan fingerprint density at radius 2 is 1.95 bits per heavy atom. The number of anilines is 1. The van der Waals surface area contributed by atoms with Gasteiger partial charge in [0, 0.05) is 17.6 Å². The fourth-order valence-corrected chi connectivity index (χ4v) is 3.18. The van der Waals surface area contributed by atoms with E-state index in [4.69, 9.17) is 11.6 Å². The highest BCUT2D eigenvalue weighted by molar-refractivity contribution is 14.1. The van der Waals surface area contributed by atoms with Gasteiger partial charge in [0.25, 0.3) is 0 Å². The zero-order valence-corrected chi connectivity index (χ0v) is 14.3. The Morgan fingerprint density at radius 3 is 2.50 bits per heavy atom. The lowest BCUT2D eigenvalue weighted by atomic mass is 10.1. The van der Waals surface area contributed by atoms with Gasteiger partial charge in [-0.25, -0.2) is 14.4 Å². The summed E-state index contributed by atoms with van der Waals surface area (Å²) in [5.74, 6) is 1.06. The van der Waals surface area contributed by atoms with Crippen LogP contribution in [-0.4, -0.2) is 17.0 Å². The van der Waals surface area contributed by atoms with E-state index < -0.39 is 5.82 Å². The molecule has 2 aromatic rings. The van der Waals surface area contributed by atoms with E-state index in [1.165, 1.54) is 12.1 Å². The van der Waals surface area contributed by atoms with Crippen LogP contribution in [0.4, 0.5) is 10.2 Å². The number of hydrogen-bond acceptors (Lipinski definition) is 3. The van der Waals surface area contributed by atoms with Gasteiger partial charge in [-0.3, -0.25) is 0 Å². The molecule has 1 N–H and O–H groups in total. The van der Waals surface area contributed by atoms with Crippen LogP contribution >= 0.6 is 34.2 Å². The first-order chi connectivity index (χ1) is 9.42. The van der Waals surface area contributed by atoms with Gasteiger partial charge in [0.2, 0.25) is 0 Å². The highest BCUT2D eigenvalue weighted by Gasteiger charge is 2.15. The van der Waals surface area contributed by atoms with Crippen molar-refractivity contribution in [2.24, 2.45) is 0 Å². The Balaban J connectivity index is 2.64. The van der Waals surface area contributed by atoms with Crippen molar-refractivity contribution in [2.75, 3.05) is 12.4 Å². The summed E-state index contributed by atoms with van der Waals surface area (Å²) in [7, 11) is 1.80. The molecule has 3 nitrogen and oxygen atoms in total. The number of benzene rings is 1. The molecule has 0 unspecified atom stereocenters. The van der Waals surface area contributed by atoms with Crippen LogP contribution in [0.3, 0.4) is 0 Å². The van der Waals surface area contributed by atoms with E-state index >= 15 is 0 Å². The van der Waals surface area contributed by atoms with E-state index in [2.05, 4.69) is 51.7 Å². The van der Waals surface area contributed by atoms with Gasteiger partial charge < -0.3 is 5.32 Å². The van der Waals surface area contributed by atoms with E-state index in [9.17, 15) is 4.39 Å². The Bertz CT molecular complexity index is 626. The molecule has 0 aliphatic carbocycles. The van der Waals surface area contributed by atoms with Crippen LogP contribution < -0.4 is 5.32 Å². The van der Waals surface area contributed by atoms with Crippen molar-refractivity contribution in [3.05, 3.63) is 38.3 Å². The Kier molecular flexibility index (Phi) is 4.80. The van der Waals surface area contributed by atoms with Gasteiger partial charge in [-0.15, -0.1) is 0 Å². The molecular formula is C14H14ClFIN3. The second-order valence-corrected chi connectivity index (χ2v) is 6.17.